The predicted molar refractivity (Wildman–Crippen MR) is 76.3 cm³/mol. The SMILES string of the molecule is Cc1nn(CC(F)(F)F)cc1C(=O)N1CCC2(CC1)CC2C(=O)O. The van der Waals surface area contributed by atoms with Crippen LogP contribution >= 0.6 is 0 Å². The second-order valence-electron chi connectivity index (χ2n) is 6.69. The number of carbonyl (C=O) groups excluding carboxylic acids is 1. The number of aryl methyl sites for hydroxylation is 1. The van der Waals surface area contributed by atoms with E-state index in [1.165, 1.54) is 6.92 Å². The lowest BCUT2D eigenvalue weighted by Crippen LogP contribution is -2.40. The van der Waals surface area contributed by atoms with E-state index < -0.39 is 18.7 Å². The summed E-state index contributed by atoms with van der Waals surface area (Å²) in [6, 6.07) is 0. The van der Waals surface area contributed by atoms with Crippen molar-refractivity contribution in [2.24, 2.45) is 11.3 Å². The molecule has 1 saturated carbocycles. The van der Waals surface area contributed by atoms with Crippen molar-refractivity contribution in [1.29, 1.82) is 0 Å². The van der Waals surface area contributed by atoms with Crippen LogP contribution in [-0.4, -0.2) is 50.9 Å². The Morgan fingerprint density at radius 3 is 2.50 bits per heavy atom. The molecule has 1 N–H and O–H groups in total. The fourth-order valence-corrected chi connectivity index (χ4v) is 3.57. The van der Waals surface area contributed by atoms with E-state index in [1.54, 1.807) is 4.90 Å². The number of carboxylic acids is 1. The van der Waals surface area contributed by atoms with Gasteiger partial charge >= 0.3 is 12.1 Å². The highest BCUT2D eigenvalue weighted by Crippen LogP contribution is 2.59. The number of piperidine rings is 1. The standard InChI is InChI=1S/C15H18F3N3O3/c1-9-10(7-21(19-9)8-15(16,17)18)12(22)20-4-2-14(3-5-20)6-11(14)13(23)24/h7,11H,2-6,8H2,1H3,(H,23,24). The molecule has 0 radical (unpaired) electrons. The summed E-state index contributed by atoms with van der Waals surface area (Å²) in [5, 5.41) is 12.8. The summed E-state index contributed by atoms with van der Waals surface area (Å²) in [6.45, 7) is 1.12. The Labute approximate surface area is 136 Å². The third kappa shape index (κ3) is 3.11. The van der Waals surface area contributed by atoms with Crippen LogP contribution in [0.25, 0.3) is 0 Å². The van der Waals surface area contributed by atoms with Gasteiger partial charge in [0.25, 0.3) is 5.91 Å². The molecule has 2 fully saturated rings. The molecule has 0 aromatic carbocycles. The van der Waals surface area contributed by atoms with E-state index in [2.05, 4.69) is 5.10 Å². The average Bonchev–Trinajstić information content (AvgIpc) is 3.05. The van der Waals surface area contributed by atoms with Gasteiger partial charge in [-0.15, -0.1) is 0 Å². The number of alkyl halides is 3. The number of aromatic nitrogens is 2. The monoisotopic (exact) mass is 345 g/mol. The quantitative estimate of drug-likeness (QED) is 0.910. The van der Waals surface area contributed by atoms with Gasteiger partial charge in [-0.3, -0.25) is 14.3 Å². The van der Waals surface area contributed by atoms with Gasteiger partial charge in [-0.1, -0.05) is 0 Å². The van der Waals surface area contributed by atoms with Crippen molar-refractivity contribution >= 4 is 11.9 Å². The molecule has 1 spiro atoms. The number of hydrogen-bond donors (Lipinski definition) is 1. The molecular formula is C15H18F3N3O3. The second-order valence-corrected chi connectivity index (χ2v) is 6.69. The summed E-state index contributed by atoms with van der Waals surface area (Å²) < 4.78 is 38.0. The summed E-state index contributed by atoms with van der Waals surface area (Å²) in [5.74, 6) is -1.46. The average molecular weight is 345 g/mol. The maximum Gasteiger partial charge on any atom is 0.408 e. The van der Waals surface area contributed by atoms with E-state index in [0.717, 1.165) is 10.9 Å². The van der Waals surface area contributed by atoms with Crippen molar-refractivity contribution in [3.63, 3.8) is 0 Å². The van der Waals surface area contributed by atoms with Crippen LogP contribution in [-0.2, 0) is 11.3 Å². The molecular weight excluding hydrogens is 327 g/mol. The Morgan fingerprint density at radius 2 is 2.00 bits per heavy atom. The van der Waals surface area contributed by atoms with Crippen molar-refractivity contribution < 1.29 is 27.9 Å². The molecule has 6 nitrogen and oxygen atoms in total. The summed E-state index contributed by atoms with van der Waals surface area (Å²) in [4.78, 5) is 25.1. The number of halogens is 3. The molecule has 132 valence electrons. The van der Waals surface area contributed by atoms with Crippen LogP contribution < -0.4 is 0 Å². The highest BCUT2D eigenvalue weighted by molar-refractivity contribution is 5.95. The largest absolute Gasteiger partial charge is 0.481 e. The predicted octanol–water partition coefficient (Wildman–Crippen LogP) is 2.08. The van der Waals surface area contributed by atoms with Gasteiger partial charge < -0.3 is 10.0 Å². The van der Waals surface area contributed by atoms with E-state index in [1.807, 2.05) is 0 Å². The molecule has 2 heterocycles. The number of carbonyl (C=O) groups is 2. The zero-order valence-electron chi connectivity index (χ0n) is 13.1. The maximum atomic E-state index is 12.5. The highest BCUT2D eigenvalue weighted by Gasteiger charge is 2.59. The molecule has 1 amide bonds. The number of aliphatic carboxylic acids is 1. The third-order valence-electron chi connectivity index (χ3n) is 5.05. The first-order valence-electron chi connectivity index (χ1n) is 7.74. The van der Waals surface area contributed by atoms with Crippen LogP contribution in [0.4, 0.5) is 13.2 Å². The number of likely N-dealkylation sites (tertiary alicyclic amines) is 1. The topological polar surface area (TPSA) is 75.4 Å². The molecule has 2 aliphatic rings. The van der Waals surface area contributed by atoms with Crippen LogP contribution in [0.3, 0.4) is 0 Å². The van der Waals surface area contributed by atoms with Crippen LogP contribution in [0.1, 0.15) is 35.3 Å². The molecule has 1 aromatic heterocycles. The Morgan fingerprint density at radius 1 is 1.38 bits per heavy atom. The minimum atomic E-state index is -4.39. The number of hydrogen-bond acceptors (Lipinski definition) is 3. The van der Waals surface area contributed by atoms with Gasteiger partial charge in [0.2, 0.25) is 0 Å². The van der Waals surface area contributed by atoms with Crippen molar-refractivity contribution in [3.05, 3.63) is 17.5 Å². The third-order valence-corrected chi connectivity index (χ3v) is 5.05. The maximum absolute atomic E-state index is 12.5. The minimum absolute atomic E-state index is 0.167. The molecule has 1 aromatic rings. The van der Waals surface area contributed by atoms with Gasteiger partial charge in [-0.05, 0) is 31.6 Å². The number of nitrogens with zero attached hydrogens (tertiary/aromatic N) is 3. The molecule has 24 heavy (non-hydrogen) atoms. The van der Waals surface area contributed by atoms with E-state index in [0.29, 0.717) is 32.4 Å². The highest BCUT2D eigenvalue weighted by atomic mass is 19.4. The van der Waals surface area contributed by atoms with Gasteiger partial charge in [0.05, 0.1) is 17.2 Å². The minimum Gasteiger partial charge on any atom is -0.481 e. The fourth-order valence-electron chi connectivity index (χ4n) is 3.57. The van der Waals surface area contributed by atoms with Crippen molar-refractivity contribution in [3.8, 4) is 0 Å². The van der Waals surface area contributed by atoms with Gasteiger partial charge in [0, 0.05) is 19.3 Å². The fraction of sp³-hybridized carbons (Fsp3) is 0.667. The van der Waals surface area contributed by atoms with E-state index in [-0.39, 0.29) is 28.5 Å². The first kappa shape index (κ1) is 16.8. The first-order chi connectivity index (χ1) is 11.1. The molecule has 1 aliphatic carbocycles. The van der Waals surface area contributed by atoms with Crippen molar-refractivity contribution in [1.82, 2.24) is 14.7 Å². The molecule has 9 heteroatoms. The van der Waals surface area contributed by atoms with Crippen LogP contribution in [0, 0.1) is 18.3 Å². The molecule has 0 bridgehead atoms. The summed E-state index contributed by atoms with van der Waals surface area (Å²) in [5.41, 5.74) is 0.234. The molecule has 1 unspecified atom stereocenters. The van der Waals surface area contributed by atoms with E-state index in [9.17, 15) is 22.8 Å². The lowest BCUT2D eigenvalue weighted by Gasteiger charge is -2.32. The van der Waals surface area contributed by atoms with E-state index in [4.69, 9.17) is 5.11 Å². The Bertz CT molecular complexity index is 675. The summed E-state index contributed by atoms with van der Waals surface area (Å²) in [7, 11) is 0. The number of amides is 1. The van der Waals surface area contributed by atoms with Crippen LogP contribution in [0.5, 0.6) is 0 Å². The first-order valence-corrected chi connectivity index (χ1v) is 7.74. The van der Waals surface area contributed by atoms with Crippen LogP contribution in [0.15, 0.2) is 6.20 Å². The van der Waals surface area contributed by atoms with Gasteiger partial charge in [-0.25, -0.2) is 0 Å². The lowest BCUT2D eigenvalue weighted by atomic mass is 9.90. The summed E-state index contributed by atoms with van der Waals surface area (Å²) in [6.07, 6.45) is -1.38. The smallest absolute Gasteiger partial charge is 0.408 e. The normalized spacial score (nSPS) is 22.7. The lowest BCUT2D eigenvalue weighted by molar-refractivity contribution is -0.142. The Balaban J connectivity index is 1.65. The zero-order chi connectivity index (χ0) is 17.7. The molecule has 3 rings (SSSR count). The summed E-state index contributed by atoms with van der Waals surface area (Å²) >= 11 is 0. The van der Waals surface area contributed by atoms with Gasteiger partial charge in [0.1, 0.15) is 6.54 Å². The molecule has 1 saturated heterocycles. The molecule has 1 aliphatic heterocycles. The van der Waals surface area contributed by atoms with Gasteiger partial charge in [-0.2, -0.15) is 18.3 Å². The number of rotatable bonds is 3. The Hall–Kier alpha value is -2.06. The zero-order valence-corrected chi connectivity index (χ0v) is 13.1. The van der Waals surface area contributed by atoms with Crippen molar-refractivity contribution in [2.45, 2.75) is 38.9 Å². The van der Waals surface area contributed by atoms with E-state index >= 15 is 0 Å². The number of carboxylic acid groups (broad SMARTS) is 1. The Kier molecular flexibility index (Phi) is 3.84. The molecule has 1 atom stereocenters. The van der Waals surface area contributed by atoms with Gasteiger partial charge in [0.15, 0.2) is 0 Å². The second kappa shape index (κ2) is 5.49. The van der Waals surface area contributed by atoms with Crippen LogP contribution in [0.2, 0.25) is 0 Å². The van der Waals surface area contributed by atoms with Crippen molar-refractivity contribution in [2.75, 3.05) is 13.1 Å².